The molecule has 1 aromatic carbocycles. The summed E-state index contributed by atoms with van der Waals surface area (Å²) in [4.78, 5) is 0. The van der Waals surface area contributed by atoms with E-state index in [2.05, 4.69) is 102 Å². The maximum absolute atomic E-state index is 4.52. The van der Waals surface area contributed by atoms with Crippen LogP contribution in [0.3, 0.4) is 0 Å². The van der Waals surface area contributed by atoms with Crippen molar-refractivity contribution < 1.29 is 0 Å². The van der Waals surface area contributed by atoms with Crippen molar-refractivity contribution >= 4 is 31.9 Å². The molecule has 0 bridgehead atoms. The molecule has 1 unspecified atom stereocenters. The molecule has 0 radical (unpaired) electrons. The molecule has 0 aromatic heterocycles. The van der Waals surface area contributed by atoms with Gasteiger partial charge in [0.1, 0.15) is 3.23 Å². The maximum Gasteiger partial charge on any atom is 0.119 e. The number of unbranched alkanes of at least 4 members (excludes halogenated alkanes) is 36. The normalized spacial score (nSPS) is 15.0. The van der Waals surface area contributed by atoms with Crippen molar-refractivity contribution in [3.8, 4) is 11.8 Å². The van der Waals surface area contributed by atoms with Gasteiger partial charge < -0.3 is 0 Å². The highest BCUT2D eigenvalue weighted by molar-refractivity contribution is 9.25. The predicted molar refractivity (Wildman–Crippen MR) is 297 cm³/mol. The first-order chi connectivity index (χ1) is 31.5. The van der Waals surface area contributed by atoms with E-state index in [-0.39, 0.29) is 9.15 Å². The molecule has 2 heteroatoms. The van der Waals surface area contributed by atoms with Gasteiger partial charge in [-0.15, -0.1) is 0 Å². The van der Waals surface area contributed by atoms with Gasteiger partial charge in [-0.1, -0.05) is 321 Å². The molecule has 368 valence electrons. The van der Waals surface area contributed by atoms with Crippen LogP contribution in [0.5, 0.6) is 0 Å². The Bertz CT molecular complexity index is 1320. The number of halogens is 2. The molecule has 1 aliphatic carbocycles. The lowest BCUT2D eigenvalue weighted by Crippen LogP contribution is -2.34. The molecule has 1 aliphatic rings. The lowest BCUT2D eigenvalue weighted by atomic mass is 9.72. The summed E-state index contributed by atoms with van der Waals surface area (Å²) in [5.41, 5.74) is 7.99. The van der Waals surface area contributed by atoms with Crippen LogP contribution >= 0.6 is 31.9 Å². The van der Waals surface area contributed by atoms with Gasteiger partial charge in [-0.3, -0.25) is 0 Å². The molecule has 0 saturated carbocycles. The highest BCUT2D eigenvalue weighted by Crippen LogP contribution is 2.55. The number of benzene rings is 1. The van der Waals surface area contributed by atoms with Gasteiger partial charge in [-0.2, -0.15) is 0 Å². The molecule has 0 heterocycles. The molecule has 0 saturated heterocycles. The van der Waals surface area contributed by atoms with Crippen LogP contribution in [0.15, 0.2) is 52.6 Å². The molecule has 0 N–H and O–H groups in total. The van der Waals surface area contributed by atoms with Crippen LogP contribution in [0, 0.1) is 17.8 Å². The summed E-state index contributed by atoms with van der Waals surface area (Å²) < 4.78 is -0.302. The number of rotatable bonds is 44. The fourth-order valence-electron chi connectivity index (χ4n) is 10.4. The Morgan fingerprint density at radius 1 is 0.359 bits per heavy atom. The Morgan fingerprint density at radius 3 is 1.02 bits per heavy atom. The Kier molecular flexibility index (Phi) is 39.3. The Hall–Kier alpha value is -0.780. The molecule has 1 atom stereocenters. The van der Waals surface area contributed by atoms with Crippen LogP contribution in [-0.2, 0) is 0 Å². The summed E-state index contributed by atoms with van der Waals surface area (Å²) in [6.45, 7) is 9.31. The standard InChI is InChI=1S/C62H106Br2/c1-5-9-13-17-21-25-29-33-37-44-50-57-58(51-45-38-34-30-26-22-18-14-10-6-2)60(53-47-40-36-32-28-24-20-16-12-8-4)62(63,64)61(55-54-56-48-42-41-43-49-56)59(57)52-46-39-35-31-27-23-19-15-11-7-3/h41-43,48-49,61H,5-40,44-47,50-53H2,1-4H3. The maximum atomic E-state index is 4.52. The van der Waals surface area contributed by atoms with Gasteiger partial charge in [-0.05, 0) is 85.8 Å². The minimum Gasteiger partial charge on any atom is -0.0873 e. The first kappa shape index (κ1) is 59.3. The zero-order chi connectivity index (χ0) is 46.0. The van der Waals surface area contributed by atoms with Gasteiger partial charge >= 0.3 is 0 Å². The molecular formula is C62H106Br2. The largest absolute Gasteiger partial charge is 0.119 e. The van der Waals surface area contributed by atoms with Gasteiger partial charge in [0, 0.05) is 5.56 Å². The van der Waals surface area contributed by atoms with E-state index in [1.165, 1.54) is 283 Å². The molecule has 0 fully saturated rings. The van der Waals surface area contributed by atoms with Gasteiger partial charge in [-0.25, -0.2) is 0 Å². The van der Waals surface area contributed by atoms with Crippen LogP contribution in [0.25, 0.3) is 0 Å². The summed E-state index contributed by atoms with van der Waals surface area (Å²) in [5.74, 6) is 7.88. The van der Waals surface area contributed by atoms with Crippen molar-refractivity contribution in [3.05, 3.63) is 58.2 Å². The van der Waals surface area contributed by atoms with Crippen molar-refractivity contribution in [2.45, 2.75) is 313 Å². The van der Waals surface area contributed by atoms with Crippen LogP contribution in [-0.4, -0.2) is 3.23 Å². The second kappa shape index (κ2) is 42.3. The minimum absolute atomic E-state index is 0.152. The Labute approximate surface area is 418 Å². The minimum atomic E-state index is -0.302. The second-order valence-electron chi connectivity index (χ2n) is 20.4. The lowest BCUT2D eigenvalue weighted by molar-refractivity contribution is 0.532. The molecule has 0 amide bonds. The number of hydrogen-bond donors (Lipinski definition) is 0. The fourth-order valence-corrected chi connectivity index (χ4v) is 12.1. The van der Waals surface area contributed by atoms with E-state index in [0.29, 0.717) is 0 Å². The molecule has 64 heavy (non-hydrogen) atoms. The number of allylic oxidation sites excluding steroid dienone is 4. The molecule has 0 spiro atoms. The average Bonchev–Trinajstić information content (AvgIpc) is 3.30. The van der Waals surface area contributed by atoms with Crippen molar-refractivity contribution in [2.24, 2.45) is 5.92 Å². The number of alkyl halides is 2. The summed E-state index contributed by atoms with van der Waals surface area (Å²) in [5, 5.41) is 0. The SMILES string of the molecule is CCCCCCCCCCCCC1=C(CCCCCCCCCCCC)C(C#Cc2ccccc2)C(Br)(Br)C(CCCCCCCCCCCC)=C1CCCCCCCCCCCC. The summed E-state index contributed by atoms with van der Waals surface area (Å²) >= 11 is 9.05. The van der Waals surface area contributed by atoms with Crippen molar-refractivity contribution in [2.75, 3.05) is 0 Å². The average molecular weight is 1010 g/mol. The highest BCUT2D eigenvalue weighted by atomic mass is 79.9. The van der Waals surface area contributed by atoms with Crippen LogP contribution < -0.4 is 0 Å². The van der Waals surface area contributed by atoms with Gasteiger partial charge in [0.2, 0.25) is 0 Å². The first-order valence-corrected chi connectivity index (χ1v) is 30.5. The molecule has 2 rings (SSSR count). The first-order valence-electron chi connectivity index (χ1n) is 28.9. The van der Waals surface area contributed by atoms with E-state index in [9.17, 15) is 0 Å². The number of hydrogen-bond acceptors (Lipinski definition) is 0. The summed E-state index contributed by atoms with van der Waals surface area (Å²) in [6, 6.07) is 10.8. The van der Waals surface area contributed by atoms with E-state index in [1.54, 1.807) is 22.3 Å². The summed E-state index contributed by atoms with van der Waals surface area (Å²) in [7, 11) is 0. The molecular weight excluding hydrogens is 904 g/mol. The van der Waals surface area contributed by atoms with E-state index >= 15 is 0 Å². The quantitative estimate of drug-likeness (QED) is 0.0347. The van der Waals surface area contributed by atoms with E-state index in [1.807, 2.05) is 0 Å². The van der Waals surface area contributed by atoms with Crippen LogP contribution in [0.2, 0.25) is 0 Å². The van der Waals surface area contributed by atoms with Crippen LogP contribution in [0.4, 0.5) is 0 Å². The third-order valence-corrected chi connectivity index (χ3v) is 16.4. The van der Waals surface area contributed by atoms with E-state index < -0.39 is 0 Å². The Morgan fingerprint density at radius 2 is 0.656 bits per heavy atom. The Balaban J connectivity index is 2.39. The fraction of sp³-hybridized carbons (Fsp3) is 0.806. The van der Waals surface area contributed by atoms with Crippen LogP contribution in [0.1, 0.15) is 316 Å². The zero-order valence-corrected chi connectivity index (χ0v) is 46.5. The predicted octanol–water partition coefficient (Wildman–Crippen LogP) is 23.0. The van der Waals surface area contributed by atoms with Gasteiger partial charge in [0.15, 0.2) is 0 Å². The van der Waals surface area contributed by atoms with Gasteiger partial charge in [0.05, 0.1) is 5.92 Å². The molecule has 0 nitrogen and oxygen atoms in total. The topological polar surface area (TPSA) is 0 Å². The molecule has 0 aliphatic heterocycles. The zero-order valence-electron chi connectivity index (χ0n) is 43.3. The highest BCUT2D eigenvalue weighted by Gasteiger charge is 2.44. The lowest BCUT2D eigenvalue weighted by Gasteiger charge is -2.41. The third kappa shape index (κ3) is 28.5. The van der Waals surface area contributed by atoms with Gasteiger partial charge in [0.25, 0.3) is 0 Å². The van der Waals surface area contributed by atoms with Crippen molar-refractivity contribution in [3.63, 3.8) is 0 Å². The van der Waals surface area contributed by atoms with E-state index in [4.69, 9.17) is 0 Å². The summed E-state index contributed by atoms with van der Waals surface area (Å²) in [6.07, 6.45) is 60.7. The molecule has 1 aromatic rings. The third-order valence-electron chi connectivity index (χ3n) is 14.5. The monoisotopic (exact) mass is 1010 g/mol. The second-order valence-corrected chi connectivity index (χ2v) is 23.9. The van der Waals surface area contributed by atoms with Crippen molar-refractivity contribution in [1.29, 1.82) is 0 Å². The van der Waals surface area contributed by atoms with Crippen molar-refractivity contribution in [1.82, 2.24) is 0 Å². The smallest absolute Gasteiger partial charge is 0.0873 e. The van der Waals surface area contributed by atoms with E-state index in [0.717, 1.165) is 5.56 Å².